The number of nitrogens with zero attached hydrogens (tertiary/aromatic N) is 1. The molecule has 1 amide bonds. The summed E-state index contributed by atoms with van der Waals surface area (Å²) in [6.07, 6.45) is 2.26. The van der Waals surface area contributed by atoms with Crippen LogP contribution in [0.2, 0.25) is 0 Å². The quantitative estimate of drug-likeness (QED) is 0.762. The van der Waals surface area contributed by atoms with Crippen molar-refractivity contribution < 1.29 is 13.2 Å². The van der Waals surface area contributed by atoms with Crippen molar-refractivity contribution in [1.82, 2.24) is 4.90 Å². The van der Waals surface area contributed by atoms with Gasteiger partial charge in [-0.25, -0.2) is 8.42 Å². The molecule has 0 saturated carbocycles. The predicted octanol–water partition coefficient (Wildman–Crippen LogP) is 0.477. The lowest BCUT2D eigenvalue weighted by Gasteiger charge is -2.30. The van der Waals surface area contributed by atoms with Crippen molar-refractivity contribution >= 4 is 33.0 Å². The van der Waals surface area contributed by atoms with Crippen LogP contribution in [0.15, 0.2) is 0 Å². The number of carbonyl (C=O) groups is 1. The highest BCUT2D eigenvalue weighted by atomic mass is 32.2. The normalized spacial score (nSPS) is 24.2. The fourth-order valence-electron chi connectivity index (χ4n) is 2.10. The van der Waals surface area contributed by atoms with Gasteiger partial charge in [0.05, 0.1) is 10.7 Å². The molecule has 0 radical (unpaired) electrons. The summed E-state index contributed by atoms with van der Waals surface area (Å²) >= 11 is 4.80. The van der Waals surface area contributed by atoms with Gasteiger partial charge < -0.3 is 10.6 Å². The van der Waals surface area contributed by atoms with Crippen LogP contribution in [0.4, 0.5) is 0 Å². The second kappa shape index (κ2) is 5.97. The van der Waals surface area contributed by atoms with Gasteiger partial charge in [-0.1, -0.05) is 18.6 Å². The monoisotopic (exact) mass is 292 g/mol. The molecule has 0 aromatic carbocycles. The minimum atomic E-state index is -3.29. The topological polar surface area (TPSA) is 80.5 Å². The molecule has 1 rings (SSSR count). The number of amides is 1. The summed E-state index contributed by atoms with van der Waals surface area (Å²) in [4.78, 5) is 14.0. The largest absolute Gasteiger partial charge is 0.393 e. The second-order valence-electron chi connectivity index (χ2n) is 4.82. The van der Waals surface area contributed by atoms with E-state index in [0.717, 1.165) is 6.42 Å². The summed E-state index contributed by atoms with van der Waals surface area (Å²) in [5.41, 5.74) is 5.44. The summed E-state index contributed by atoms with van der Waals surface area (Å²) in [6, 6.07) is -0.174. The van der Waals surface area contributed by atoms with Crippen molar-refractivity contribution in [2.75, 3.05) is 12.8 Å². The van der Waals surface area contributed by atoms with Gasteiger partial charge in [-0.3, -0.25) is 4.79 Å². The molecule has 0 aliphatic carbocycles. The third kappa shape index (κ3) is 3.65. The van der Waals surface area contributed by atoms with Gasteiger partial charge >= 0.3 is 0 Å². The Morgan fingerprint density at radius 1 is 1.50 bits per heavy atom. The molecule has 0 spiro atoms. The van der Waals surface area contributed by atoms with E-state index in [2.05, 4.69) is 0 Å². The van der Waals surface area contributed by atoms with E-state index in [4.69, 9.17) is 18.0 Å². The molecule has 5 nitrogen and oxygen atoms in total. The predicted molar refractivity (Wildman–Crippen MR) is 75.1 cm³/mol. The first-order valence-electron chi connectivity index (χ1n) is 6.02. The van der Waals surface area contributed by atoms with E-state index in [-0.39, 0.29) is 17.7 Å². The van der Waals surface area contributed by atoms with Gasteiger partial charge in [0.1, 0.15) is 5.25 Å². The molecular formula is C11H20N2O3S2. The van der Waals surface area contributed by atoms with Gasteiger partial charge in [-0.2, -0.15) is 0 Å². The van der Waals surface area contributed by atoms with Crippen molar-refractivity contribution in [2.45, 2.75) is 43.9 Å². The van der Waals surface area contributed by atoms with Gasteiger partial charge in [-0.15, -0.1) is 0 Å². The van der Waals surface area contributed by atoms with Crippen molar-refractivity contribution in [3.63, 3.8) is 0 Å². The Bertz CT molecular complexity index is 434. The molecule has 1 fully saturated rings. The molecule has 18 heavy (non-hydrogen) atoms. The van der Waals surface area contributed by atoms with Crippen LogP contribution in [0.3, 0.4) is 0 Å². The van der Waals surface area contributed by atoms with Crippen molar-refractivity contribution in [2.24, 2.45) is 5.73 Å². The van der Waals surface area contributed by atoms with Crippen molar-refractivity contribution in [3.05, 3.63) is 0 Å². The van der Waals surface area contributed by atoms with Crippen molar-refractivity contribution in [3.8, 4) is 0 Å². The van der Waals surface area contributed by atoms with E-state index in [1.165, 1.54) is 4.90 Å². The molecule has 2 atom stereocenters. The van der Waals surface area contributed by atoms with Crippen LogP contribution in [0.25, 0.3) is 0 Å². The Balaban J connectivity index is 2.76. The summed E-state index contributed by atoms with van der Waals surface area (Å²) in [7, 11) is -1.68. The smallest absolute Gasteiger partial charge is 0.240 e. The highest BCUT2D eigenvalue weighted by Crippen LogP contribution is 2.22. The molecule has 1 aliphatic heterocycles. The number of thiocarbonyl (C=S) groups is 1. The number of rotatable bonds is 4. The van der Waals surface area contributed by atoms with Crippen molar-refractivity contribution in [1.29, 1.82) is 0 Å². The van der Waals surface area contributed by atoms with Crippen LogP contribution in [-0.2, 0) is 14.6 Å². The van der Waals surface area contributed by atoms with E-state index in [1.807, 2.05) is 6.92 Å². The van der Waals surface area contributed by atoms with E-state index < -0.39 is 15.1 Å². The first-order valence-corrected chi connectivity index (χ1v) is 8.14. The van der Waals surface area contributed by atoms with Crippen LogP contribution >= 0.6 is 12.2 Å². The van der Waals surface area contributed by atoms with E-state index in [9.17, 15) is 13.2 Å². The summed E-state index contributed by atoms with van der Waals surface area (Å²) < 4.78 is 23.7. The molecule has 1 saturated heterocycles. The third-order valence-corrected chi connectivity index (χ3v) is 5.69. The molecule has 2 unspecified atom stereocenters. The summed E-state index contributed by atoms with van der Waals surface area (Å²) in [6.45, 7) is 1.81. The van der Waals surface area contributed by atoms with Crippen LogP contribution in [0, 0.1) is 0 Å². The Labute approximate surface area is 114 Å². The molecule has 7 heteroatoms. The lowest BCUT2D eigenvalue weighted by molar-refractivity contribution is -0.131. The van der Waals surface area contributed by atoms with E-state index in [1.54, 1.807) is 7.05 Å². The van der Waals surface area contributed by atoms with E-state index >= 15 is 0 Å². The SMILES string of the molecule is CC(CC(N)=S)N(C)C(=O)C1CCCCS1(=O)=O. The van der Waals surface area contributed by atoms with Gasteiger partial charge in [0.15, 0.2) is 9.84 Å². The summed E-state index contributed by atoms with van der Waals surface area (Å²) in [5.74, 6) is -0.223. The number of hydrogen-bond acceptors (Lipinski definition) is 4. The van der Waals surface area contributed by atoms with Crippen LogP contribution in [0.1, 0.15) is 32.6 Å². The molecule has 2 N–H and O–H groups in total. The Hall–Kier alpha value is -0.690. The fraction of sp³-hybridized carbons (Fsp3) is 0.818. The zero-order valence-electron chi connectivity index (χ0n) is 10.8. The Morgan fingerprint density at radius 3 is 2.61 bits per heavy atom. The highest BCUT2D eigenvalue weighted by Gasteiger charge is 2.37. The number of nitrogens with two attached hydrogens (primary N) is 1. The van der Waals surface area contributed by atoms with Gasteiger partial charge in [-0.05, 0) is 19.8 Å². The molecule has 1 heterocycles. The third-order valence-electron chi connectivity index (χ3n) is 3.36. The highest BCUT2D eigenvalue weighted by molar-refractivity contribution is 7.92. The standard InChI is InChI=1S/C11H20N2O3S2/c1-8(7-10(12)17)13(2)11(14)9-5-3-4-6-18(9,15)16/h8-9H,3-7H2,1-2H3,(H2,12,17). The molecule has 0 aromatic rings. The lowest BCUT2D eigenvalue weighted by atomic mass is 10.1. The molecular weight excluding hydrogens is 272 g/mol. The average molecular weight is 292 g/mol. The van der Waals surface area contributed by atoms with E-state index in [0.29, 0.717) is 24.3 Å². The minimum absolute atomic E-state index is 0.112. The zero-order valence-corrected chi connectivity index (χ0v) is 12.4. The van der Waals surface area contributed by atoms with Gasteiger partial charge in [0.2, 0.25) is 5.91 Å². The zero-order chi connectivity index (χ0) is 13.9. The first-order chi connectivity index (χ1) is 8.25. The van der Waals surface area contributed by atoms with Crippen LogP contribution in [-0.4, -0.2) is 48.3 Å². The fourth-order valence-corrected chi connectivity index (χ4v) is 4.24. The lowest BCUT2D eigenvalue weighted by Crippen LogP contribution is -2.47. The average Bonchev–Trinajstić information content (AvgIpc) is 2.25. The molecule has 104 valence electrons. The maximum atomic E-state index is 12.2. The Kier molecular flexibility index (Phi) is 5.10. The van der Waals surface area contributed by atoms with Gasteiger partial charge in [0.25, 0.3) is 0 Å². The number of carbonyl (C=O) groups excluding carboxylic acids is 1. The summed E-state index contributed by atoms with van der Waals surface area (Å²) in [5, 5.41) is -0.884. The second-order valence-corrected chi connectivity index (χ2v) is 7.65. The number of sulfone groups is 1. The van der Waals surface area contributed by atoms with Crippen LogP contribution < -0.4 is 5.73 Å². The molecule has 1 aliphatic rings. The molecule has 0 bridgehead atoms. The first kappa shape index (κ1) is 15.4. The number of hydrogen-bond donors (Lipinski definition) is 1. The van der Waals surface area contributed by atoms with Gasteiger partial charge in [0, 0.05) is 19.5 Å². The maximum absolute atomic E-state index is 12.2. The maximum Gasteiger partial charge on any atom is 0.240 e. The minimum Gasteiger partial charge on any atom is -0.393 e. The van der Waals surface area contributed by atoms with Crippen LogP contribution in [0.5, 0.6) is 0 Å². The Morgan fingerprint density at radius 2 is 2.11 bits per heavy atom. The molecule has 0 aromatic heterocycles.